The molecule has 0 saturated carbocycles. The predicted molar refractivity (Wildman–Crippen MR) is 178 cm³/mol. The number of anilines is 2. The molecule has 1 aliphatic carbocycles. The van der Waals surface area contributed by atoms with Crippen molar-refractivity contribution in [1.29, 1.82) is 0 Å². The van der Waals surface area contributed by atoms with E-state index >= 15 is 0 Å². The lowest BCUT2D eigenvalue weighted by Gasteiger charge is -2.34. The standard InChI is InChI=1S/C41H27NO/c1-3-13-28(14-4-1)41(29-15-5-2-6-16-29)36-20-10-9-18-32(36)33-25-23-30(26-37(33)41)42-38-21-11-19-34-35-24-22-27-12-7-8-17-31(27)39(35)43-40(34)38/h1-26,42H. The fraction of sp³-hybridized carbons (Fsp3) is 0.0244. The second-order valence-electron chi connectivity index (χ2n) is 11.4. The Balaban J connectivity index is 1.26. The summed E-state index contributed by atoms with van der Waals surface area (Å²) in [4.78, 5) is 0. The molecule has 2 nitrogen and oxygen atoms in total. The Hall–Kier alpha value is -5.60. The van der Waals surface area contributed by atoms with Gasteiger partial charge >= 0.3 is 0 Å². The van der Waals surface area contributed by atoms with E-state index in [1.165, 1.54) is 38.8 Å². The molecular weight excluding hydrogens is 522 g/mol. The second kappa shape index (κ2) is 9.20. The summed E-state index contributed by atoms with van der Waals surface area (Å²) in [5.41, 5.74) is 11.0. The van der Waals surface area contributed by atoms with Gasteiger partial charge in [-0.15, -0.1) is 0 Å². The third kappa shape index (κ3) is 3.41. The molecule has 0 spiro atoms. The number of furan rings is 1. The van der Waals surface area contributed by atoms with Gasteiger partial charge in [-0.1, -0.05) is 133 Å². The van der Waals surface area contributed by atoms with Crippen molar-refractivity contribution < 1.29 is 4.42 Å². The van der Waals surface area contributed by atoms with Gasteiger partial charge in [-0.2, -0.15) is 0 Å². The average molecular weight is 550 g/mol. The molecule has 2 heteroatoms. The van der Waals surface area contributed by atoms with Gasteiger partial charge in [-0.3, -0.25) is 0 Å². The number of benzene rings is 7. The van der Waals surface area contributed by atoms with Crippen molar-refractivity contribution in [3.8, 4) is 11.1 Å². The minimum atomic E-state index is -0.434. The Labute approximate surface area is 249 Å². The Morgan fingerprint density at radius 3 is 1.91 bits per heavy atom. The van der Waals surface area contributed by atoms with E-state index in [2.05, 4.69) is 163 Å². The van der Waals surface area contributed by atoms with Gasteiger partial charge in [0.15, 0.2) is 5.58 Å². The van der Waals surface area contributed by atoms with E-state index < -0.39 is 5.41 Å². The number of nitrogens with one attached hydrogen (secondary N) is 1. The maximum Gasteiger partial charge on any atom is 0.158 e. The molecule has 0 saturated heterocycles. The third-order valence-electron chi connectivity index (χ3n) is 9.13. The molecule has 43 heavy (non-hydrogen) atoms. The second-order valence-corrected chi connectivity index (χ2v) is 11.4. The Morgan fingerprint density at radius 1 is 0.442 bits per heavy atom. The van der Waals surface area contributed by atoms with E-state index in [4.69, 9.17) is 4.42 Å². The van der Waals surface area contributed by atoms with Gasteiger partial charge in [-0.25, -0.2) is 0 Å². The van der Waals surface area contributed by atoms with Crippen LogP contribution in [0.5, 0.6) is 0 Å². The van der Waals surface area contributed by atoms with E-state index in [-0.39, 0.29) is 0 Å². The molecule has 1 heterocycles. The van der Waals surface area contributed by atoms with E-state index in [0.29, 0.717) is 0 Å². The lowest BCUT2D eigenvalue weighted by Crippen LogP contribution is -2.28. The maximum absolute atomic E-state index is 6.63. The quantitative estimate of drug-likeness (QED) is 0.236. The number of fused-ring (bicyclic) bond motifs is 8. The van der Waals surface area contributed by atoms with Crippen LogP contribution in [0, 0.1) is 0 Å². The monoisotopic (exact) mass is 549 g/mol. The fourth-order valence-corrected chi connectivity index (χ4v) is 7.30. The van der Waals surface area contributed by atoms with Crippen LogP contribution in [-0.4, -0.2) is 0 Å². The van der Waals surface area contributed by atoms with Crippen molar-refractivity contribution in [3.05, 3.63) is 180 Å². The molecule has 1 aliphatic rings. The van der Waals surface area contributed by atoms with Gasteiger partial charge in [0.1, 0.15) is 5.58 Å². The molecule has 0 unspecified atom stereocenters. The van der Waals surface area contributed by atoms with Crippen molar-refractivity contribution >= 4 is 44.1 Å². The minimum Gasteiger partial charge on any atom is -0.453 e. The van der Waals surface area contributed by atoms with E-state index in [1.807, 2.05) is 0 Å². The minimum absolute atomic E-state index is 0.434. The van der Waals surface area contributed by atoms with Crippen molar-refractivity contribution in [1.82, 2.24) is 0 Å². The van der Waals surface area contributed by atoms with Crippen LogP contribution in [0.15, 0.2) is 162 Å². The topological polar surface area (TPSA) is 25.2 Å². The van der Waals surface area contributed by atoms with Crippen LogP contribution >= 0.6 is 0 Å². The molecule has 0 amide bonds. The normalized spacial score (nSPS) is 13.3. The first-order chi connectivity index (χ1) is 21.3. The van der Waals surface area contributed by atoms with Crippen molar-refractivity contribution in [2.45, 2.75) is 5.41 Å². The van der Waals surface area contributed by atoms with Gasteiger partial charge in [0.05, 0.1) is 11.1 Å². The van der Waals surface area contributed by atoms with Crippen LogP contribution in [-0.2, 0) is 5.41 Å². The zero-order valence-corrected chi connectivity index (χ0v) is 23.4. The van der Waals surface area contributed by atoms with Crippen LogP contribution in [0.4, 0.5) is 11.4 Å². The summed E-state index contributed by atoms with van der Waals surface area (Å²) < 4.78 is 6.63. The number of para-hydroxylation sites is 1. The number of hydrogen-bond donors (Lipinski definition) is 1. The first kappa shape index (κ1) is 24.0. The number of hydrogen-bond acceptors (Lipinski definition) is 2. The lowest BCUT2D eigenvalue weighted by atomic mass is 9.67. The lowest BCUT2D eigenvalue weighted by molar-refractivity contribution is 0.674. The molecule has 0 aliphatic heterocycles. The maximum atomic E-state index is 6.63. The van der Waals surface area contributed by atoms with Crippen LogP contribution < -0.4 is 5.32 Å². The van der Waals surface area contributed by atoms with Crippen molar-refractivity contribution in [3.63, 3.8) is 0 Å². The van der Waals surface area contributed by atoms with Gasteiger partial charge in [-0.05, 0) is 63.0 Å². The fourth-order valence-electron chi connectivity index (χ4n) is 7.30. The third-order valence-corrected chi connectivity index (χ3v) is 9.13. The molecule has 0 radical (unpaired) electrons. The Bertz CT molecular complexity index is 2280. The largest absolute Gasteiger partial charge is 0.453 e. The molecule has 202 valence electrons. The Morgan fingerprint density at radius 2 is 1.09 bits per heavy atom. The van der Waals surface area contributed by atoms with Crippen molar-refractivity contribution in [2.24, 2.45) is 0 Å². The highest BCUT2D eigenvalue weighted by molar-refractivity contribution is 6.17. The van der Waals surface area contributed by atoms with Crippen LogP contribution in [0.2, 0.25) is 0 Å². The molecule has 1 N–H and O–H groups in total. The molecule has 8 aromatic rings. The first-order valence-electron chi connectivity index (χ1n) is 14.8. The molecule has 0 fully saturated rings. The Kier molecular flexibility index (Phi) is 5.15. The SMILES string of the molecule is c1ccc(C2(c3ccccc3)c3ccccc3-c3ccc(Nc4cccc5c4oc4c6ccccc6ccc54)cc32)cc1. The zero-order valence-electron chi connectivity index (χ0n) is 23.4. The summed E-state index contributed by atoms with van der Waals surface area (Å²) in [6.07, 6.45) is 0. The molecule has 7 aromatic carbocycles. The zero-order chi connectivity index (χ0) is 28.4. The van der Waals surface area contributed by atoms with Gasteiger partial charge in [0, 0.05) is 21.8 Å². The van der Waals surface area contributed by atoms with Gasteiger partial charge in [0.2, 0.25) is 0 Å². The van der Waals surface area contributed by atoms with E-state index in [1.54, 1.807) is 0 Å². The smallest absolute Gasteiger partial charge is 0.158 e. The van der Waals surface area contributed by atoms with E-state index in [9.17, 15) is 0 Å². The summed E-state index contributed by atoms with van der Waals surface area (Å²) in [6.45, 7) is 0. The number of rotatable bonds is 4. The molecule has 9 rings (SSSR count). The first-order valence-corrected chi connectivity index (χ1v) is 14.8. The average Bonchev–Trinajstić information content (AvgIpc) is 3.60. The predicted octanol–water partition coefficient (Wildman–Crippen LogP) is 10.8. The van der Waals surface area contributed by atoms with Crippen LogP contribution in [0.3, 0.4) is 0 Å². The highest BCUT2D eigenvalue weighted by atomic mass is 16.3. The summed E-state index contributed by atoms with van der Waals surface area (Å²) in [6, 6.07) is 56.6. The molecule has 0 atom stereocenters. The summed E-state index contributed by atoms with van der Waals surface area (Å²) in [5.74, 6) is 0. The summed E-state index contributed by atoms with van der Waals surface area (Å²) >= 11 is 0. The van der Waals surface area contributed by atoms with Crippen molar-refractivity contribution in [2.75, 3.05) is 5.32 Å². The summed E-state index contributed by atoms with van der Waals surface area (Å²) in [7, 11) is 0. The molecule has 1 aromatic heterocycles. The highest BCUT2D eigenvalue weighted by Gasteiger charge is 2.46. The summed E-state index contributed by atoms with van der Waals surface area (Å²) in [5, 5.41) is 8.32. The molecule has 0 bridgehead atoms. The van der Waals surface area contributed by atoms with Crippen LogP contribution in [0.1, 0.15) is 22.3 Å². The van der Waals surface area contributed by atoms with E-state index in [0.717, 1.165) is 38.7 Å². The highest BCUT2D eigenvalue weighted by Crippen LogP contribution is 2.56. The van der Waals surface area contributed by atoms with Gasteiger partial charge < -0.3 is 9.73 Å². The van der Waals surface area contributed by atoms with Gasteiger partial charge in [0.25, 0.3) is 0 Å². The molecular formula is C41H27NO. The van der Waals surface area contributed by atoms with Crippen LogP contribution in [0.25, 0.3) is 43.8 Å².